The van der Waals surface area contributed by atoms with E-state index in [1.807, 2.05) is 12.3 Å². The zero-order valence-corrected chi connectivity index (χ0v) is 38.3. The van der Waals surface area contributed by atoms with Gasteiger partial charge in [-0.1, -0.05) is 186 Å². The van der Waals surface area contributed by atoms with Gasteiger partial charge in [0, 0.05) is 34.8 Å². The molecular weight excluding hydrogens is 775 g/mol. The van der Waals surface area contributed by atoms with Gasteiger partial charge in [-0.2, -0.15) is 0 Å². The third-order valence-electron chi connectivity index (χ3n) is 16.5. The number of hydrogen-bond donors (Lipinski definition) is 0. The maximum absolute atomic E-state index is 5.32. The molecule has 12 rings (SSSR count). The Kier molecular flexibility index (Phi) is 10.9. The van der Waals surface area contributed by atoms with Gasteiger partial charge >= 0.3 is 0 Å². The van der Waals surface area contributed by atoms with Crippen molar-refractivity contribution < 1.29 is 0 Å². The minimum atomic E-state index is -0.503. The second-order valence-electron chi connectivity index (χ2n) is 19.7. The smallest absolute Gasteiger partial charge is 0.0705 e. The first kappa shape index (κ1) is 40.6. The van der Waals surface area contributed by atoms with E-state index in [0.717, 1.165) is 17.4 Å². The van der Waals surface area contributed by atoms with Gasteiger partial charge in [-0.05, 0) is 132 Å². The van der Waals surface area contributed by atoms with Gasteiger partial charge in [0.2, 0.25) is 0 Å². The third kappa shape index (κ3) is 7.02. The Morgan fingerprint density at radius 3 is 1.56 bits per heavy atom. The fourth-order valence-electron chi connectivity index (χ4n) is 12.8. The van der Waals surface area contributed by atoms with Crippen molar-refractivity contribution in [3.05, 3.63) is 194 Å². The minimum Gasteiger partial charge on any atom is -0.261 e. The van der Waals surface area contributed by atoms with Crippen LogP contribution in [-0.2, 0) is 0 Å². The SMILES string of the molecule is CC1(C)C2C[C@H]1C[C@H](c1ccccn1)[C@H]2P(c1ccccc1)c1ccccc1.CC1(C)[C@@H]2CC[C@@]1(C)[C@@H](c1ccc3ccccc3n1)[C@@H]2P(c1ccccc1)c1ccccc1. The molecule has 5 aromatic carbocycles. The van der Waals surface area contributed by atoms with Crippen LogP contribution in [0, 0.1) is 34.0 Å². The van der Waals surface area contributed by atoms with Gasteiger partial charge in [-0.15, -0.1) is 0 Å². The molecule has 8 atom stereocenters. The molecule has 2 heterocycles. The summed E-state index contributed by atoms with van der Waals surface area (Å²) in [6, 6.07) is 64.9. The molecule has 61 heavy (non-hydrogen) atoms. The Hall–Kier alpha value is -4.48. The number of nitrogens with zero attached hydrogens (tertiary/aromatic N) is 2. The molecule has 0 saturated heterocycles. The van der Waals surface area contributed by atoms with Gasteiger partial charge < -0.3 is 0 Å². The van der Waals surface area contributed by atoms with Crippen molar-refractivity contribution >= 4 is 48.0 Å². The highest BCUT2D eigenvalue weighted by atomic mass is 31.1. The van der Waals surface area contributed by atoms with Crippen molar-refractivity contribution in [2.24, 2.45) is 34.0 Å². The average molecular weight is 835 g/mol. The van der Waals surface area contributed by atoms with Crippen molar-refractivity contribution in [1.82, 2.24) is 9.97 Å². The van der Waals surface area contributed by atoms with Crippen molar-refractivity contribution in [2.75, 3.05) is 0 Å². The topological polar surface area (TPSA) is 25.8 Å². The summed E-state index contributed by atoms with van der Waals surface area (Å²) in [4.78, 5) is 10.2. The predicted molar refractivity (Wildman–Crippen MR) is 262 cm³/mol. The summed E-state index contributed by atoms with van der Waals surface area (Å²) in [5.41, 5.74) is 5.96. The number of rotatable bonds is 8. The summed E-state index contributed by atoms with van der Waals surface area (Å²) in [5.74, 6) is 3.33. The molecular formula is C57H60N2P2. The number of aromatic nitrogens is 2. The summed E-state index contributed by atoms with van der Waals surface area (Å²) in [6.07, 6.45) is 7.28. The van der Waals surface area contributed by atoms with Crippen molar-refractivity contribution in [1.29, 1.82) is 0 Å². The second kappa shape index (κ2) is 16.3. The molecule has 5 aliphatic rings. The van der Waals surface area contributed by atoms with Crippen LogP contribution in [0.1, 0.15) is 83.5 Å². The van der Waals surface area contributed by atoms with E-state index in [4.69, 9.17) is 9.97 Å². The van der Waals surface area contributed by atoms with E-state index in [0.29, 0.717) is 39.9 Å². The summed E-state index contributed by atoms with van der Waals surface area (Å²) in [7, 11) is -0.935. The van der Waals surface area contributed by atoms with E-state index in [2.05, 4.69) is 204 Å². The summed E-state index contributed by atoms with van der Waals surface area (Å²) in [5, 5.41) is 7.26. The Balaban J connectivity index is 0.000000148. The maximum Gasteiger partial charge on any atom is 0.0705 e. The van der Waals surface area contributed by atoms with E-state index in [1.54, 1.807) is 0 Å². The fraction of sp³-hybridized carbons (Fsp3) is 0.333. The van der Waals surface area contributed by atoms with Gasteiger partial charge in [0.25, 0.3) is 0 Å². The number of para-hydroxylation sites is 1. The molecule has 2 nitrogen and oxygen atoms in total. The summed E-state index contributed by atoms with van der Waals surface area (Å²) >= 11 is 0. The van der Waals surface area contributed by atoms with E-state index >= 15 is 0 Å². The summed E-state index contributed by atoms with van der Waals surface area (Å²) < 4.78 is 0. The Morgan fingerprint density at radius 1 is 0.492 bits per heavy atom. The first-order chi connectivity index (χ1) is 29.7. The van der Waals surface area contributed by atoms with Crippen molar-refractivity contribution in [3.63, 3.8) is 0 Å². The molecule has 0 radical (unpaired) electrons. The molecule has 7 aromatic rings. The zero-order chi connectivity index (χ0) is 41.8. The van der Waals surface area contributed by atoms with Crippen molar-refractivity contribution in [3.8, 4) is 0 Å². The lowest BCUT2D eigenvalue weighted by Gasteiger charge is -2.64. The molecule has 0 spiro atoms. The van der Waals surface area contributed by atoms with Crippen LogP contribution >= 0.6 is 15.8 Å². The quantitative estimate of drug-likeness (QED) is 0.143. The van der Waals surface area contributed by atoms with Gasteiger partial charge in [0.05, 0.1) is 5.52 Å². The highest BCUT2D eigenvalue weighted by Gasteiger charge is 2.68. The number of pyridine rings is 2. The minimum absolute atomic E-state index is 0.252. The van der Waals surface area contributed by atoms with Crippen LogP contribution in [0.25, 0.3) is 10.9 Å². The molecule has 4 bridgehead atoms. The first-order valence-corrected chi connectivity index (χ1v) is 25.5. The van der Waals surface area contributed by atoms with Crippen LogP contribution in [0.4, 0.5) is 0 Å². The van der Waals surface area contributed by atoms with Crippen LogP contribution in [-0.4, -0.2) is 21.3 Å². The third-order valence-corrected chi connectivity index (χ3v) is 22.5. The maximum atomic E-state index is 5.32. The van der Waals surface area contributed by atoms with E-state index in [9.17, 15) is 0 Å². The standard InChI is InChI=1S/C31H32NP.C26H28NP/c1-30(2)25-20-21-31(30,3)28(27-19-18-22-12-10-11-17-26(22)32-27)29(25)33(23-13-6-4-7-14-23)24-15-8-5-9-16-24;1-26(2)19-17-22(24-15-9-10-16-27-24)25(23(26)18-19)28(20-11-5-3-6-12-20)21-13-7-4-8-14-21/h4-19,25,28-29H,20-21H2,1-3H3;3-16,19,22-23,25H,17-18H2,1-2H3/t25-,28+,29-,31+;19-,22-,23?,25-/m11/s1. The van der Waals surface area contributed by atoms with Gasteiger partial charge in [0.15, 0.2) is 0 Å². The highest BCUT2D eigenvalue weighted by molar-refractivity contribution is 7.74. The molecule has 1 unspecified atom stereocenters. The molecule has 5 aliphatic carbocycles. The number of benzene rings is 5. The van der Waals surface area contributed by atoms with Crippen molar-refractivity contribution in [2.45, 2.75) is 83.5 Å². The summed E-state index contributed by atoms with van der Waals surface area (Å²) in [6.45, 7) is 12.7. The van der Waals surface area contributed by atoms with E-state index in [-0.39, 0.29) is 5.41 Å². The molecule has 308 valence electrons. The van der Waals surface area contributed by atoms with Crippen LogP contribution in [0.5, 0.6) is 0 Å². The van der Waals surface area contributed by atoms with Crippen LogP contribution in [0.15, 0.2) is 182 Å². The largest absolute Gasteiger partial charge is 0.261 e. The molecule has 5 fully saturated rings. The lowest BCUT2D eigenvalue weighted by Crippen LogP contribution is -2.58. The van der Waals surface area contributed by atoms with Gasteiger partial charge in [-0.3, -0.25) is 9.97 Å². The number of hydrogen-bond acceptors (Lipinski definition) is 2. The van der Waals surface area contributed by atoms with Crippen LogP contribution in [0.3, 0.4) is 0 Å². The Bertz CT molecular complexity index is 2480. The van der Waals surface area contributed by atoms with Crippen LogP contribution < -0.4 is 21.2 Å². The lowest BCUT2D eigenvalue weighted by atomic mass is 9.46. The van der Waals surface area contributed by atoms with E-state index < -0.39 is 15.8 Å². The lowest BCUT2D eigenvalue weighted by molar-refractivity contribution is -0.0704. The molecule has 4 heteroatoms. The zero-order valence-electron chi connectivity index (χ0n) is 36.5. The van der Waals surface area contributed by atoms with Crippen LogP contribution in [0.2, 0.25) is 0 Å². The normalized spacial score (nSPS) is 28.0. The highest BCUT2D eigenvalue weighted by Crippen LogP contribution is 2.76. The second-order valence-corrected chi connectivity index (χ2v) is 24.4. The molecule has 5 saturated carbocycles. The molecule has 0 aliphatic heterocycles. The fourth-order valence-corrected chi connectivity index (χ4v) is 19.9. The first-order valence-electron chi connectivity index (χ1n) is 22.7. The monoisotopic (exact) mass is 834 g/mol. The Labute approximate surface area is 367 Å². The van der Waals surface area contributed by atoms with E-state index in [1.165, 1.54) is 63.7 Å². The molecule has 0 N–H and O–H groups in total. The average Bonchev–Trinajstić information content (AvgIpc) is 3.64. The van der Waals surface area contributed by atoms with Gasteiger partial charge in [-0.25, -0.2) is 0 Å². The predicted octanol–water partition coefficient (Wildman–Crippen LogP) is 13.0. The molecule has 2 aromatic heterocycles. The number of fused-ring (bicyclic) bond motifs is 5. The van der Waals surface area contributed by atoms with Gasteiger partial charge in [0.1, 0.15) is 0 Å². The Morgan fingerprint density at radius 2 is 1.02 bits per heavy atom. The molecule has 0 amide bonds.